The van der Waals surface area contributed by atoms with Gasteiger partial charge in [-0.25, -0.2) is 8.42 Å². The third-order valence-electron chi connectivity index (χ3n) is 4.94. The van der Waals surface area contributed by atoms with Crippen LogP contribution in [0.4, 0.5) is 5.69 Å². The van der Waals surface area contributed by atoms with E-state index in [0.29, 0.717) is 10.9 Å². The molecule has 1 aromatic heterocycles. The van der Waals surface area contributed by atoms with Crippen molar-refractivity contribution in [3.63, 3.8) is 0 Å². The minimum absolute atomic E-state index is 0. The molecule has 144 valence electrons. The van der Waals surface area contributed by atoms with Gasteiger partial charge in [0.1, 0.15) is 0 Å². The average Bonchev–Trinajstić information content (AvgIpc) is 3.06. The topological polar surface area (TPSA) is 69.3 Å². The van der Waals surface area contributed by atoms with Gasteiger partial charge in [0.05, 0.1) is 10.4 Å². The molecule has 27 heavy (non-hydrogen) atoms. The Kier molecular flexibility index (Phi) is 5.46. The molecule has 4 rings (SSSR count). The molecule has 8 heteroatoms. The second-order valence-electron chi connectivity index (χ2n) is 6.86. The van der Waals surface area contributed by atoms with Gasteiger partial charge in [0.25, 0.3) is 0 Å². The Morgan fingerprint density at radius 2 is 1.78 bits per heavy atom. The fourth-order valence-electron chi connectivity index (χ4n) is 3.34. The van der Waals surface area contributed by atoms with Crippen LogP contribution in [0.2, 0.25) is 0 Å². The van der Waals surface area contributed by atoms with E-state index in [9.17, 15) is 8.42 Å². The molecule has 0 radical (unpaired) electrons. The predicted molar refractivity (Wildman–Crippen MR) is 110 cm³/mol. The number of likely N-dealkylation sites (N-methyl/N-ethyl adjacent to an activating group) is 1. The number of fused-ring (bicyclic) bond motifs is 1. The van der Waals surface area contributed by atoms with Gasteiger partial charge in [-0.15, -0.1) is 12.4 Å². The van der Waals surface area contributed by atoms with E-state index in [1.165, 1.54) is 0 Å². The lowest BCUT2D eigenvalue weighted by Crippen LogP contribution is -2.44. The van der Waals surface area contributed by atoms with E-state index in [4.69, 9.17) is 0 Å². The van der Waals surface area contributed by atoms with Gasteiger partial charge >= 0.3 is 0 Å². The third kappa shape index (κ3) is 3.67. The molecule has 0 spiro atoms. The minimum Gasteiger partial charge on any atom is -0.369 e. The maximum atomic E-state index is 13.1. The molecular formula is C19H23ClN4O2S. The molecule has 1 saturated heterocycles. The number of piperazine rings is 1. The van der Waals surface area contributed by atoms with Gasteiger partial charge in [-0.2, -0.15) is 5.10 Å². The number of benzene rings is 2. The molecule has 6 nitrogen and oxygen atoms in total. The number of sulfone groups is 1. The third-order valence-corrected chi connectivity index (χ3v) is 6.66. The molecule has 0 bridgehead atoms. The Morgan fingerprint density at radius 1 is 1.04 bits per heavy atom. The molecule has 1 N–H and O–H groups in total. The second kappa shape index (κ2) is 7.50. The SMILES string of the molecule is Cc1cccc(S(=O)(=O)c2[nH]nc3ccc(N4CCN(C)CC4)cc23)c1.Cl. The van der Waals surface area contributed by atoms with Gasteiger partial charge in [-0.3, -0.25) is 5.10 Å². The van der Waals surface area contributed by atoms with Crippen LogP contribution >= 0.6 is 12.4 Å². The fraction of sp³-hybridized carbons (Fsp3) is 0.316. The number of aromatic nitrogens is 2. The van der Waals surface area contributed by atoms with Crippen molar-refractivity contribution in [2.45, 2.75) is 16.8 Å². The highest BCUT2D eigenvalue weighted by Crippen LogP contribution is 2.30. The lowest BCUT2D eigenvalue weighted by atomic mass is 10.2. The normalized spacial score (nSPS) is 15.7. The molecule has 1 aliphatic heterocycles. The zero-order valence-corrected chi connectivity index (χ0v) is 17.0. The maximum Gasteiger partial charge on any atom is 0.223 e. The number of aryl methyl sites for hydroxylation is 1. The van der Waals surface area contributed by atoms with Crippen LogP contribution in [0.1, 0.15) is 5.56 Å². The van der Waals surface area contributed by atoms with Gasteiger partial charge in [-0.1, -0.05) is 12.1 Å². The summed E-state index contributed by atoms with van der Waals surface area (Å²) in [5.41, 5.74) is 2.61. The first-order valence-corrected chi connectivity index (χ1v) is 10.2. The van der Waals surface area contributed by atoms with Crippen molar-refractivity contribution in [3.05, 3.63) is 48.0 Å². The van der Waals surface area contributed by atoms with Crippen molar-refractivity contribution >= 4 is 38.8 Å². The second-order valence-corrected chi connectivity index (χ2v) is 8.75. The number of anilines is 1. The molecule has 0 atom stereocenters. The van der Waals surface area contributed by atoms with Gasteiger partial charge in [0.2, 0.25) is 9.84 Å². The summed E-state index contributed by atoms with van der Waals surface area (Å²) >= 11 is 0. The van der Waals surface area contributed by atoms with E-state index in [1.54, 1.807) is 18.2 Å². The zero-order valence-electron chi connectivity index (χ0n) is 15.3. The van der Waals surface area contributed by atoms with Gasteiger partial charge in [-0.05, 0) is 49.9 Å². The van der Waals surface area contributed by atoms with Crippen molar-refractivity contribution < 1.29 is 8.42 Å². The quantitative estimate of drug-likeness (QED) is 0.724. The zero-order chi connectivity index (χ0) is 18.3. The Morgan fingerprint density at radius 3 is 2.48 bits per heavy atom. The number of halogens is 1. The van der Waals surface area contributed by atoms with Crippen LogP contribution in [0, 0.1) is 6.92 Å². The Labute approximate surface area is 165 Å². The first kappa shape index (κ1) is 19.7. The molecular weight excluding hydrogens is 384 g/mol. The summed E-state index contributed by atoms with van der Waals surface area (Å²) in [4.78, 5) is 4.86. The van der Waals surface area contributed by atoms with E-state index in [1.807, 2.05) is 31.2 Å². The molecule has 0 amide bonds. The summed E-state index contributed by atoms with van der Waals surface area (Å²) in [6, 6.07) is 12.8. The van der Waals surface area contributed by atoms with E-state index in [2.05, 4.69) is 27.0 Å². The van der Waals surface area contributed by atoms with E-state index >= 15 is 0 Å². The van der Waals surface area contributed by atoms with Gasteiger partial charge < -0.3 is 9.80 Å². The number of H-pyrrole nitrogens is 1. The van der Waals surface area contributed by atoms with Crippen molar-refractivity contribution in [2.75, 3.05) is 38.1 Å². The Hall–Kier alpha value is -2.09. The van der Waals surface area contributed by atoms with Gasteiger partial charge in [0, 0.05) is 37.3 Å². The lowest BCUT2D eigenvalue weighted by molar-refractivity contribution is 0.313. The number of hydrogen-bond acceptors (Lipinski definition) is 5. The van der Waals surface area contributed by atoms with Crippen LogP contribution in [0.25, 0.3) is 10.9 Å². The maximum absolute atomic E-state index is 13.1. The van der Waals surface area contributed by atoms with Crippen LogP contribution in [-0.4, -0.2) is 56.7 Å². The highest BCUT2D eigenvalue weighted by Gasteiger charge is 2.24. The summed E-state index contributed by atoms with van der Waals surface area (Å²) in [5, 5.41) is 7.75. The minimum atomic E-state index is -3.65. The van der Waals surface area contributed by atoms with Crippen LogP contribution in [0.5, 0.6) is 0 Å². The summed E-state index contributed by atoms with van der Waals surface area (Å²) in [6.45, 7) is 5.74. The molecule has 0 unspecified atom stereocenters. The van der Waals surface area contributed by atoms with E-state index < -0.39 is 9.84 Å². The summed E-state index contributed by atoms with van der Waals surface area (Å²) in [7, 11) is -1.53. The molecule has 1 aliphatic rings. The van der Waals surface area contributed by atoms with Crippen LogP contribution < -0.4 is 4.90 Å². The average molecular weight is 407 g/mol. The monoisotopic (exact) mass is 406 g/mol. The fourth-order valence-corrected chi connectivity index (χ4v) is 4.79. The summed E-state index contributed by atoms with van der Waals surface area (Å²) in [5.74, 6) is 0. The molecule has 1 fully saturated rings. The van der Waals surface area contributed by atoms with E-state index in [0.717, 1.165) is 37.4 Å². The first-order valence-electron chi connectivity index (χ1n) is 8.68. The smallest absolute Gasteiger partial charge is 0.223 e. The van der Waals surface area contributed by atoms with Crippen LogP contribution in [-0.2, 0) is 9.84 Å². The number of aromatic amines is 1. The van der Waals surface area contributed by atoms with Crippen molar-refractivity contribution in [2.24, 2.45) is 0 Å². The largest absolute Gasteiger partial charge is 0.369 e. The number of hydrogen-bond donors (Lipinski definition) is 1. The van der Waals surface area contributed by atoms with Gasteiger partial charge in [0.15, 0.2) is 5.03 Å². The van der Waals surface area contributed by atoms with Crippen molar-refractivity contribution in [1.29, 1.82) is 0 Å². The standard InChI is InChI=1S/C19H22N4O2S.ClH/c1-14-4-3-5-16(12-14)26(24,25)19-17-13-15(6-7-18(17)20-21-19)23-10-8-22(2)9-11-23;/h3-7,12-13H,8-11H2,1-2H3,(H,20,21);1H. The molecule has 0 aliphatic carbocycles. The van der Waals surface area contributed by atoms with E-state index in [-0.39, 0.29) is 22.3 Å². The number of nitrogens with one attached hydrogen (secondary N) is 1. The molecule has 2 aromatic carbocycles. The predicted octanol–water partition coefficient (Wildman–Crippen LogP) is 2.88. The van der Waals surface area contributed by atoms with Crippen molar-refractivity contribution in [1.82, 2.24) is 15.1 Å². The molecule has 2 heterocycles. The molecule has 3 aromatic rings. The van der Waals surface area contributed by atoms with Crippen molar-refractivity contribution in [3.8, 4) is 0 Å². The highest BCUT2D eigenvalue weighted by atomic mass is 35.5. The highest BCUT2D eigenvalue weighted by molar-refractivity contribution is 7.91. The lowest BCUT2D eigenvalue weighted by Gasteiger charge is -2.34. The van der Waals surface area contributed by atoms with Crippen LogP contribution in [0.3, 0.4) is 0 Å². The number of nitrogens with zero attached hydrogens (tertiary/aromatic N) is 3. The Balaban J connectivity index is 0.00000210. The van der Waals surface area contributed by atoms with Crippen LogP contribution in [0.15, 0.2) is 52.4 Å². The summed E-state index contributed by atoms with van der Waals surface area (Å²) < 4.78 is 26.2. The summed E-state index contributed by atoms with van der Waals surface area (Å²) in [6.07, 6.45) is 0. The first-order chi connectivity index (χ1) is 12.4. The number of rotatable bonds is 3. The Bertz CT molecular complexity index is 1060. The molecule has 0 saturated carbocycles.